The number of hydrogen-bond acceptors (Lipinski definition) is 4. The molecule has 96 valence electrons. The summed E-state index contributed by atoms with van der Waals surface area (Å²) >= 11 is 6.01. The average Bonchev–Trinajstić information content (AvgIpc) is 2.84. The highest BCUT2D eigenvalue weighted by Crippen LogP contribution is 2.20. The number of nitrogens with zero attached hydrogens (tertiary/aromatic N) is 3. The molecule has 18 heavy (non-hydrogen) atoms. The van der Waals surface area contributed by atoms with E-state index in [9.17, 15) is 0 Å². The van der Waals surface area contributed by atoms with Crippen LogP contribution in [-0.4, -0.2) is 21.1 Å². The first kappa shape index (κ1) is 12.7. The third-order valence-electron chi connectivity index (χ3n) is 2.56. The van der Waals surface area contributed by atoms with Crippen LogP contribution in [0, 0.1) is 0 Å². The number of nitrogen functional groups attached to an aromatic ring is 1. The van der Waals surface area contributed by atoms with Crippen molar-refractivity contribution in [2.24, 2.45) is 0 Å². The lowest BCUT2D eigenvalue weighted by Crippen LogP contribution is -2.05. The monoisotopic (exact) mass is 265 g/mol. The molecule has 0 aromatic carbocycles. The van der Waals surface area contributed by atoms with Crippen LogP contribution in [0.3, 0.4) is 0 Å². The van der Waals surface area contributed by atoms with Gasteiger partial charge in [0, 0.05) is 25.5 Å². The molecule has 0 spiro atoms. The lowest BCUT2D eigenvalue weighted by atomic mass is 10.3. The summed E-state index contributed by atoms with van der Waals surface area (Å²) in [5.41, 5.74) is 6.15. The van der Waals surface area contributed by atoms with Gasteiger partial charge in [-0.1, -0.05) is 11.6 Å². The van der Waals surface area contributed by atoms with Crippen molar-refractivity contribution in [3.8, 4) is 0 Å². The summed E-state index contributed by atoms with van der Waals surface area (Å²) < 4.78 is 2.06. The Morgan fingerprint density at radius 3 is 3.00 bits per heavy atom. The number of anilines is 2. The van der Waals surface area contributed by atoms with E-state index in [2.05, 4.69) is 19.9 Å². The predicted molar refractivity (Wildman–Crippen MR) is 73.6 cm³/mol. The molecule has 0 bridgehead atoms. The number of unbranched alkanes of at least 4 members (excludes halogenated alkanes) is 1. The molecule has 0 aliphatic rings. The second kappa shape index (κ2) is 6.26. The zero-order chi connectivity index (χ0) is 12.8. The van der Waals surface area contributed by atoms with E-state index in [0.717, 1.165) is 25.9 Å². The van der Waals surface area contributed by atoms with E-state index in [-0.39, 0.29) is 0 Å². The molecule has 5 nitrogen and oxygen atoms in total. The van der Waals surface area contributed by atoms with Crippen molar-refractivity contribution < 1.29 is 0 Å². The third kappa shape index (κ3) is 3.63. The van der Waals surface area contributed by atoms with E-state index in [1.807, 2.05) is 12.5 Å². The highest BCUT2D eigenvalue weighted by Gasteiger charge is 2.01. The lowest BCUT2D eigenvalue weighted by molar-refractivity contribution is 0.620. The van der Waals surface area contributed by atoms with Crippen LogP contribution in [0.5, 0.6) is 0 Å². The Balaban J connectivity index is 1.69. The summed E-state index contributed by atoms with van der Waals surface area (Å²) in [7, 11) is 0. The van der Waals surface area contributed by atoms with Gasteiger partial charge in [0.05, 0.1) is 23.2 Å². The Kier molecular flexibility index (Phi) is 4.41. The van der Waals surface area contributed by atoms with E-state index in [0.29, 0.717) is 16.5 Å². The second-order valence-corrected chi connectivity index (χ2v) is 4.44. The number of aryl methyl sites for hydroxylation is 1. The Bertz CT molecular complexity index is 483. The molecule has 0 aliphatic heterocycles. The molecule has 3 N–H and O–H groups in total. The molecule has 0 unspecified atom stereocenters. The highest BCUT2D eigenvalue weighted by atomic mass is 35.5. The van der Waals surface area contributed by atoms with Gasteiger partial charge < -0.3 is 15.6 Å². The standard InChI is InChI=1S/C12H16ClN5/c13-11-7-10(14)8-17-12(11)16-3-1-2-5-18-6-4-15-9-18/h4,6-9H,1-3,5,14H2,(H,16,17). The Labute approximate surface area is 111 Å². The first-order chi connectivity index (χ1) is 8.75. The first-order valence-corrected chi connectivity index (χ1v) is 6.24. The van der Waals surface area contributed by atoms with E-state index in [1.54, 1.807) is 18.5 Å². The maximum Gasteiger partial charge on any atom is 0.144 e. The van der Waals surface area contributed by atoms with Gasteiger partial charge in [-0.25, -0.2) is 9.97 Å². The molecule has 2 heterocycles. The van der Waals surface area contributed by atoms with Crippen molar-refractivity contribution >= 4 is 23.1 Å². The Morgan fingerprint density at radius 1 is 1.39 bits per heavy atom. The number of pyridine rings is 1. The van der Waals surface area contributed by atoms with Gasteiger partial charge in [0.15, 0.2) is 0 Å². The summed E-state index contributed by atoms with van der Waals surface area (Å²) in [6, 6.07) is 1.70. The third-order valence-corrected chi connectivity index (χ3v) is 2.85. The number of halogens is 1. The van der Waals surface area contributed by atoms with Crippen LogP contribution < -0.4 is 11.1 Å². The van der Waals surface area contributed by atoms with Gasteiger partial charge in [-0.2, -0.15) is 0 Å². The lowest BCUT2D eigenvalue weighted by Gasteiger charge is -2.07. The summed E-state index contributed by atoms with van der Waals surface area (Å²) in [6.07, 6.45) is 9.30. The van der Waals surface area contributed by atoms with Crippen molar-refractivity contribution in [3.63, 3.8) is 0 Å². The molecule has 2 rings (SSSR count). The molecule has 0 atom stereocenters. The smallest absolute Gasteiger partial charge is 0.144 e. The van der Waals surface area contributed by atoms with Gasteiger partial charge in [0.1, 0.15) is 5.82 Å². The minimum Gasteiger partial charge on any atom is -0.397 e. The molecule has 2 aromatic heterocycles. The second-order valence-electron chi connectivity index (χ2n) is 4.03. The molecular formula is C12H16ClN5. The van der Waals surface area contributed by atoms with Crippen LogP contribution in [0.1, 0.15) is 12.8 Å². The molecule has 0 amide bonds. The van der Waals surface area contributed by atoms with Gasteiger partial charge in [-0.15, -0.1) is 0 Å². The summed E-state index contributed by atoms with van der Waals surface area (Å²) in [5.74, 6) is 0.688. The normalized spacial score (nSPS) is 10.5. The Morgan fingerprint density at radius 2 is 2.28 bits per heavy atom. The SMILES string of the molecule is Nc1cnc(NCCCCn2ccnc2)c(Cl)c1. The summed E-state index contributed by atoms with van der Waals surface area (Å²) in [5, 5.41) is 3.76. The highest BCUT2D eigenvalue weighted by molar-refractivity contribution is 6.33. The fraction of sp³-hybridized carbons (Fsp3) is 0.333. The van der Waals surface area contributed by atoms with Gasteiger partial charge in [0.2, 0.25) is 0 Å². The zero-order valence-electron chi connectivity index (χ0n) is 10.0. The van der Waals surface area contributed by atoms with Crippen LogP contribution in [0.15, 0.2) is 31.0 Å². The van der Waals surface area contributed by atoms with Gasteiger partial charge in [-0.3, -0.25) is 0 Å². The largest absolute Gasteiger partial charge is 0.397 e. The fourth-order valence-electron chi connectivity index (χ4n) is 1.63. The number of imidazole rings is 1. The molecule has 6 heteroatoms. The first-order valence-electron chi connectivity index (χ1n) is 5.86. The summed E-state index contributed by atoms with van der Waals surface area (Å²) in [4.78, 5) is 8.14. The molecular weight excluding hydrogens is 250 g/mol. The fourth-order valence-corrected chi connectivity index (χ4v) is 1.87. The number of rotatable bonds is 6. The van der Waals surface area contributed by atoms with Crippen molar-refractivity contribution in [3.05, 3.63) is 36.0 Å². The van der Waals surface area contributed by atoms with Crippen LogP contribution in [0.4, 0.5) is 11.5 Å². The maximum atomic E-state index is 6.01. The minimum atomic E-state index is 0.560. The van der Waals surface area contributed by atoms with Crippen LogP contribution in [0.25, 0.3) is 0 Å². The van der Waals surface area contributed by atoms with E-state index >= 15 is 0 Å². The number of aromatic nitrogens is 3. The van der Waals surface area contributed by atoms with E-state index in [1.165, 1.54) is 0 Å². The van der Waals surface area contributed by atoms with Crippen molar-refractivity contribution in [2.75, 3.05) is 17.6 Å². The average molecular weight is 266 g/mol. The van der Waals surface area contributed by atoms with Gasteiger partial charge >= 0.3 is 0 Å². The number of hydrogen-bond donors (Lipinski definition) is 2. The molecule has 0 saturated heterocycles. The van der Waals surface area contributed by atoms with E-state index < -0.39 is 0 Å². The predicted octanol–water partition coefficient (Wildman–Crippen LogP) is 2.41. The molecule has 2 aromatic rings. The van der Waals surface area contributed by atoms with Crippen LogP contribution >= 0.6 is 11.6 Å². The molecule has 0 fully saturated rings. The quantitative estimate of drug-likeness (QED) is 0.787. The van der Waals surface area contributed by atoms with Gasteiger partial charge in [-0.05, 0) is 18.9 Å². The topological polar surface area (TPSA) is 68.8 Å². The number of nitrogens with one attached hydrogen (secondary N) is 1. The van der Waals surface area contributed by atoms with Crippen molar-refractivity contribution in [2.45, 2.75) is 19.4 Å². The molecule has 0 saturated carbocycles. The minimum absolute atomic E-state index is 0.560. The van der Waals surface area contributed by atoms with Gasteiger partial charge in [0.25, 0.3) is 0 Å². The molecule has 0 radical (unpaired) electrons. The molecule has 0 aliphatic carbocycles. The van der Waals surface area contributed by atoms with Crippen LogP contribution in [-0.2, 0) is 6.54 Å². The van der Waals surface area contributed by atoms with Crippen LogP contribution in [0.2, 0.25) is 5.02 Å². The van der Waals surface area contributed by atoms with E-state index in [4.69, 9.17) is 17.3 Å². The zero-order valence-corrected chi connectivity index (χ0v) is 10.8. The Hall–Kier alpha value is -1.75. The van der Waals surface area contributed by atoms with Crippen molar-refractivity contribution in [1.29, 1.82) is 0 Å². The maximum absolute atomic E-state index is 6.01. The van der Waals surface area contributed by atoms with Crippen molar-refractivity contribution in [1.82, 2.24) is 14.5 Å². The summed E-state index contributed by atoms with van der Waals surface area (Å²) in [6.45, 7) is 1.82. The number of nitrogens with two attached hydrogens (primary N) is 1.